The van der Waals surface area contributed by atoms with Crippen LogP contribution in [0.4, 0.5) is 0 Å². The summed E-state index contributed by atoms with van der Waals surface area (Å²) in [6, 6.07) is 1.47. The Kier molecular flexibility index (Phi) is 3.35. The van der Waals surface area contributed by atoms with Gasteiger partial charge in [0.1, 0.15) is 6.17 Å². The third kappa shape index (κ3) is 2.04. The van der Waals surface area contributed by atoms with E-state index in [1.807, 2.05) is 0 Å². The SMILES string of the molecule is C[C@H]1CC(C)(C)N2CC[N+]3(C)[C@@H]4[C@H]2N1CCN4C(C)(C)C[C@@H]3C. The Bertz CT molecular complexity index is 502. The van der Waals surface area contributed by atoms with Gasteiger partial charge in [0.15, 0.2) is 6.17 Å². The van der Waals surface area contributed by atoms with Crippen molar-refractivity contribution in [2.75, 3.05) is 33.2 Å². The Morgan fingerprint density at radius 2 is 1.52 bits per heavy atom. The normalized spacial score (nSPS) is 49.7. The molecule has 0 aromatic heterocycles. The molecule has 4 nitrogen and oxygen atoms in total. The predicted octanol–water partition coefficient (Wildman–Crippen LogP) is 2.16. The first-order valence-electron chi connectivity index (χ1n) is 9.72. The van der Waals surface area contributed by atoms with Gasteiger partial charge in [-0.05, 0) is 48.0 Å². The summed E-state index contributed by atoms with van der Waals surface area (Å²) in [5.41, 5.74) is 0.668. The minimum Gasteiger partial charge on any atom is -0.305 e. The van der Waals surface area contributed by atoms with Gasteiger partial charge in [0.25, 0.3) is 0 Å². The predicted molar refractivity (Wildman–Crippen MR) is 95.1 cm³/mol. The number of hydrogen-bond donors (Lipinski definition) is 0. The molecule has 0 spiro atoms. The fourth-order valence-electron chi connectivity index (χ4n) is 6.66. The van der Waals surface area contributed by atoms with Gasteiger partial charge in [0.2, 0.25) is 0 Å². The fourth-order valence-corrected chi connectivity index (χ4v) is 6.66. The van der Waals surface area contributed by atoms with Gasteiger partial charge in [-0.2, -0.15) is 0 Å². The van der Waals surface area contributed by atoms with Crippen molar-refractivity contribution in [3.63, 3.8) is 0 Å². The van der Waals surface area contributed by atoms with Gasteiger partial charge in [-0.3, -0.25) is 9.80 Å². The molecule has 4 aliphatic heterocycles. The third-order valence-electron chi connectivity index (χ3n) is 7.99. The molecule has 0 radical (unpaired) electrons. The molecule has 4 heterocycles. The average molecular weight is 322 g/mol. The molecule has 4 heteroatoms. The zero-order valence-corrected chi connectivity index (χ0v) is 16.3. The zero-order valence-electron chi connectivity index (χ0n) is 16.3. The number of likely N-dealkylation sites (N-methyl/N-ethyl adjacent to an activating group) is 1. The summed E-state index contributed by atoms with van der Waals surface area (Å²) in [6.07, 6.45) is 3.87. The molecule has 0 aromatic carbocycles. The first-order valence-corrected chi connectivity index (χ1v) is 9.72. The van der Waals surface area contributed by atoms with Crippen LogP contribution in [0.5, 0.6) is 0 Å². The van der Waals surface area contributed by atoms with E-state index in [0.29, 0.717) is 29.5 Å². The average Bonchev–Trinajstić information content (AvgIpc) is 2.43. The quantitative estimate of drug-likeness (QED) is 0.633. The standard InChI is InChI=1S/C19H37N4/c1-14-12-18(3,4)21-10-11-23(7)15(2)13-19(5,6)22-9-8-20(14)16(21)17(22)23/h14-17H,8-13H2,1-7H3/q+1/t14-,15-,16-,17+,23?/m0/s1. The second kappa shape index (κ2) is 4.72. The molecule has 0 aromatic rings. The van der Waals surface area contributed by atoms with Crippen molar-refractivity contribution in [3.05, 3.63) is 0 Å². The van der Waals surface area contributed by atoms with Crippen molar-refractivity contribution in [2.45, 2.75) is 89.9 Å². The summed E-state index contributed by atoms with van der Waals surface area (Å²) in [7, 11) is 2.55. The van der Waals surface area contributed by atoms with E-state index < -0.39 is 0 Å². The van der Waals surface area contributed by atoms with Gasteiger partial charge >= 0.3 is 0 Å². The monoisotopic (exact) mass is 321 g/mol. The third-order valence-corrected chi connectivity index (χ3v) is 7.99. The first-order chi connectivity index (χ1) is 10.6. The van der Waals surface area contributed by atoms with Crippen molar-refractivity contribution in [1.29, 1.82) is 0 Å². The smallest absolute Gasteiger partial charge is 0.175 e. The van der Waals surface area contributed by atoms with Crippen molar-refractivity contribution in [3.8, 4) is 0 Å². The van der Waals surface area contributed by atoms with Crippen LogP contribution in [0.1, 0.15) is 54.4 Å². The lowest BCUT2D eigenvalue weighted by atomic mass is 9.79. The summed E-state index contributed by atoms with van der Waals surface area (Å²) >= 11 is 0. The van der Waals surface area contributed by atoms with Crippen LogP contribution in [0.25, 0.3) is 0 Å². The minimum atomic E-state index is 0.333. The number of nitrogens with zero attached hydrogens (tertiary/aromatic N) is 4. The maximum atomic E-state index is 2.88. The summed E-state index contributed by atoms with van der Waals surface area (Å²) in [4.78, 5) is 8.59. The fraction of sp³-hybridized carbons (Fsp3) is 1.00. The van der Waals surface area contributed by atoms with Gasteiger partial charge in [0, 0.05) is 43.2 Å². The molecule has 0 saturated carbocycles. The lowest BCUT2D eigenvalue weighted by Gasteiger charge is -2.71. The molecular formula is C19H37N4+. The number of quaternary nitrogens is 1. The molecule has 4 saturated heterocycles. The maximum absolute atomic E-state index is 2.88. The maximum Gasteiger partial charge on any atom is 0.175 e. The Morgan fingerprint density at radius 1 is 0.870 bits per heavy atom. The molecule has 0 amide bonds. The highest BCUT2D eigenvalue weighted by Crippen LogP contribution is 2.48. The van der Waals surface area contributed by atoms with E-state index >= 15 is 0 Å². The van der Waals surface area contributed by atoms with E-state index in [1.165, 1.54) is 43.5 Å². The van der Waals surface area contributed by atoms with Crippen molar-refractivity contribution >= 4 is 0 Å². The van der Waals surface area contributed by atoms with Gasteiger partial charge in [-0.1, -0.05) is 0 Å². The topological polar surface area (TPSA) is 9.72 Å². The molecule has 0 N–H and O–H groups in total. The van der Waals surface area contributed by atoms with Gasteiger partial charge in [0.05, 0.1) is 19.6 Å². The first kappa shape index (κ1) is 16.3. The summed E-state index contributed by atoms with van der Waals surface area (Å²) in [6.45, 7) is 19.9. The lowest BCUT2D eigenvalue weighted by Crippen LogP contribution is -2.88. The van der Waals surface area contributed by atoms with E-state index in [2.05, 4.69) is 63.3 Å². The van der Waals surface area contributed by atoms with Gasteiger partial charge in [-0.15, -0.1) is 0 Å². The molecule has 0 bridgehead atoms. The van der Waals surface area contributed by atoms with Crippen LogP contribution in [-0.4, -0.2) is 87.9 Å². The van der Waals surface area contributed by atoms with Crippen LogP contribution >= 0.6 is 0 Å². The van der Waals surface area contributed by atoms with E-state index in [1.54, 1.807) is 0 Å². The minimum absolute atomic E-state index is 0.333. The van der Waals surface area contributed by atoms with E-state index in [4.69, 9.17) is 0 Å². The highest BCUT2D eigenvalue weighted by molar-refractivity contribution is 5.06. The van der Waals surface area contributed by atoms with Crippen LogP contribution in [0.15, 0.2) is 0 Å². The van der Waals surface area contributed by atoms with Gasteiger partial charge in [-0.25, -0.2) is 4.90 Å². The Balaban J connectivity index is 1.82. The highest BCUT2D eigenvalue weighted by atomic mass is 15.6. The van der Waals surface area contributed by atoms with Crippen molar-refractivity contribution < 1.29 is 4.48 Å². The van der Waals surface area contributed by atoms with E-state index in [0.717, 1.165) is 6.04 Å². The number of rotatable bonds is 0. The second-order valence-electron chi connectivity index (χ2n) is 10.3. The summed E-state index contributed by atoms with van der Waals surface area (Å²) < 4.78 is 1.25. The van der Waals surface area contributed by atoms with Crippen LogP contribution < -0.4 is 0 Å². The molecular weight excluding hydrogens is 284 g/mol. The molecule has 4 aliphatic rings. The second-order valence-corrected chi connectivity index (χ2v) is 10.3. The molecule has 4 fully saturated rings. The molecule has 0 aliphatic carbocycles. The summed E-state index contributed by atoms with van der Waals surface area (Å²) in [5, 5.41) is 0. The molecule has 23 heavy (non-hydrogen) atoms. The lowest BCUT2D eigenvalue weighted by molar-refractivity contribution is -0.985. The molecule has 4 rings (SSSR count). The highest BCUT2D eigenvalue weighted by Gasteiger charge is 2.64. The zero-order chi connectivity index (χ0) is 16.8. The number of hydrogen-bond acceptors (Lipinski definition) is 3. The van der Waals surface area contributed by atoms with Crippen LogP contribution in [0.2, 0.25) is 0 Å². The molecule has 1 unspecified atom stereocenters. The largest absolute Gasteiger partial charge is 0.305 e. The van der Waals surface area contributed by atoms with E-state index in [-0.39, 0.29) is 0 Å². The van der Waals surface area contributed by atoms with E-state index in [9.17, 15) is 0 Å². The summed E-state index contributed by atoms with van der Waals surface area (Å²) in [5.74, 6) is 0. The Hall–Kier alpha value is -0.160. The van der Waals surface area contributed by atoms with Crippen LogP contribution in [0.3, 0.4) is 0 Å². The van der Waals surface area contributed by atoms with Crippen LogP contribution in [-0.2, 0) is 0 Å². The van der Waals surface area contributed by atoms with Crippen molar-refractivity contribution in [2.24, 2.45) is 0 Å². The number of piperazine rings is 2. The molecule has 132 valence electrons. The Morgan fingerprint density at radius 3 is 2.22 bits per heavy atom. The van der Waals surface area contributed by atoms with Crippen molar-refractivity contribution in [1.82, 2.24) is 14.7 Å². The van der Waals surface area contributed by atoms with Gasteiger partial charge < -0.3 is 4.48 Å². The molecule has 5 atom stereocenters. The van der Waals surface area contributed by atoms with Crippen LogP contribution in [0, 0.1) is 0 Å². The Labute approximate surface area is 143 Å².